The molecule has 0 fully saturated rings. The fourth-order valence-corrected chi connectivity index (χ4v) is 2.68. The second-order valence-electron chi connectivity index (χ2n) is 5.56. The molecule has 0 aliphatic heterocycles. The van der Waals surface area contributed by atoms with Gasteiger partial charge in [0.1, 0.15) is 0 Å². The number of amides is 1. The van der Waals surface area contributed by atoms with Gasteiger partial charge in [-0.3, -0.25) is 4.79 Å². The minimum absolute atomic E-state index is 0.0680. The Balaban J connectivity index is 1.84. The highest BCUT2D eigenvalue weighted by atomic mass is 16.1. The molecule has 2 aromatic heterocycles. The number of pyridine rings is 1. The van der Waals surface area contributed by atoms with Crippen LogP contribution < -0.4 is 5.32 Å². The molecule has 1 atom stereocenters. The number of rotatable bonds is 5. The summed E-state index contributed by atoms with van der Waals surface area (Å²) < 4.78 is 1.72. The molecule has 1 N–H and O–H groups in total. The van der Waals surface area contributed by atoms with Crippen LogP contribution in [0, 0.1) is 0 Å². The van der Waals surface area contributed by atoms with Crippen molar-refractivity contribution >= 4 is 5.91 Å². The molecule has 1 aromatic carbocycles. The average Bonchev–Trinajstić information content (AvgIpc) is 3.07. The summed E-state index contributed by atoms with van der Waals surface area (Å²) in [6.45, 7) is 3.98. The normalized spacial score (nSPS) is 11.9. The minimum atomic E-state index is -0.120. The van der Waals surface area contributed by atoms with Gasteiger partial charge in [0.15, 0.2) is 5.82 Å². The highest BCUT2D eigenvalue weighted by molar-refractivity contribution is 5.95. The highest BCUT2D eigenvalue weighted by Gasteiger charge is 2.19. The molecule has 122 valence electrons. The number of hydrogen-bond acceptors (Lipinski definition) is 3. The zero-order chi connectivity index (χ0) is 16.9. The molecule has 5 heteroatoms. The van der Waals surface area contributed by atoms with Crippen LogP contribution in [0.5, 0.6) is 0 Å². The lowest BCUT2D eigenvalue weighted by molar-refractivity contribution is 0.0939. The minimum Gasteiger partial charge on any atom is -0.345 e. The van der Waals surface area contributed by atoms with Crippen LogP contribution in [0.15, 0.2) is 60.9 Å². The number of hydrogen-bond donors (Lipinski definition) is 1. The van der Waals surface area contributed by atoms with Gasteiger partial charge >= 0.3 is 0 Å². The van der Waals surface area contributed by atoms with Gasteiger partial charge in [0.2, 0.25) is 0 Å². The van der Waals surface area contributed by atoms with Gasteiger partial charge < -0.3 is 5.32 Å². The van der Waals surface area contributed by atoms with Crippen molar-refractivity contribution in [1.29, 1.82) is 0 Å². The van der Waals surface area contributed by atoms with E-state index in [9.17, 15) is 4.79 Å². The Morgan fingerprint density at radius 3 is 2.58 bits per heavy atom. The number of benzene rings is 1. The first-order valence-electron chi connectivity index (χ1n) is 8.04. The zero-order valence-electron chi connectivity index (χ0n) is 13.8. The van der Waals surface area contributed by atoms with Crippen LogP contribution in [0.25, 0.3) is 5.82 Å². The third-order valence-electron chi connectivity index (χ3n) is 3.96. The number of carbonyl (C=O) groups is 1. The van der Waals surface area contributed by atoms with E-state index in [4.69, 9.17) is 0 Å². The van der Waals surface area contributed by atoms with Crippen LogP contribution >= 0.6 is 0 Å². The van der Waals surface area contributed by atoms with Gasteiger partial charge in [-0.1, -0.05) is 43.3 Å². The van der Waals surface area contributed by atoms with Crippen molar-refractivity contribution in [3.8, 4) is 5.82 Å². The number of nitrogens with one attached hydrogen (secondary N) is 1. The van der Waals surface area contributed by atoms with Crippen molar-refractivity contribution in [2.45, 2.75) is 26.3 Å². The summed E-state index contributed by atoms with van der Waals surface area (Å²) >= 11 is 0. The molecule has 0 bridgehead atoms. The predicted octanol–water partition coefficient (Wildman–Crippen LogP) is 3.32. The first kappa shape index (κ1) is 15.9. The lowest BCUT2D eigenvalue weighted by Gasteiger charge is -2.14. The Morgan fingerprint density at radius 1 is 1.17 bits per heavy atom. The van der Waals surface area contributed by atoms with Crippen molar-refractivity contribution < 1.29 is 4.79 Å². The van der Waals surface area contributed by atoms with Crippen LogP contribution in [0.2, 0.25) is 0 Å². The van der Waals surface area contributed by atoms with Crippen molar-refractivity contribution in [2.24, 2.45) is 0 Å². The molecular formula is C19H20N4O. The maximum absolute atomic E-state index is 12.7. The summed E-state index contributed by atoms with van der Waals surface area (Å²) in [7, 11) is 0. The Labute approximate surface area is 141 Å². The van der Waals surface area contributed by atoms with Gasteiger partial charge in [0.05, 0.1) is 23.5 Å². The molecule has 24 heavy (non-hydrogen) atoms. The molecular weight excluding hydrogens is 300 g/mol. The molecule has 0 spiro atoms. The Hall–Kier alpha value is -2.95. The number of aromatic nitrogens is 3. The van der Waals surface area contributed by atoms with E-state index >= 15 is 0 Å². The van der Waals surface area contributed by atoms with Gasteiger partial charge in [0, 0.05) is 6.20 Å². The van der Waals surface area contributed by atoms with E-state index in [0.717, 1.165) is 11.3 Å². The zero-order valence-corrected chi connectivity index (χ0v) is 13.8. The van der Waals surface area contributed by atoms with E-state index in [1.807, 2.05) is 62.4 Å². The van der Waals surface area contributed by atoms with Crippen molar-refractivity contribution in [3.05, 3.63) is 77.7 Å². The molecule has 1 amide bonds. The third kappa shape index (κ3) is 3.20. The fraction of sp³-hybridized carbons (Fsp3) is 0.211. The molecule has 3 aromatic rings. The third-order valence-corrected chi connectivity index (χ3v) is 3.96. The maximum atomic E-state index is 12.7. The van der Waals surface area contributed by atoms with Crippen molar-refractivity contribution in [3.63, 3.8) is 0 Å². The Kier molecular flexibility index (Phi) is 4.70. The Bertz CT molecular complexity index is 812. The predicted molar refractivity (Wildman–Crippen MR) is 93.1 cm³/mol. The van der Waals surface area contributed by atoms with Gasteiger partial charge in [-0.05, 0) is 31.0 Å². The maximum Gasteiger partial charge on any atom is 0.255 e. The summed E-state index contributed by atoms with van der Waals surface area (Å²) in [5, 5.41) is 7.39. The van der Waals surface area contributed by atoms with Crippen LogP contribution in [0.3, 0.4) is 0 Å². The lowest BCUT2D eigenvalue weighted by atomic mass is 10.1. The van der Waals surface area contributed by atoms with E-state index in [1.165, 1.54) is 0 Å². The second-order valence-corrected chi connectivity index (χ2v) is 5.56. The highest BCUT2D eigenvalue weighted by Crippen LogP contribution is 2.17. The standard InChI is InChI=1S/C19H20N4O/c1-3-17-16(13-21-23(17)18-11-7-8-12-20-18)19(24)22-14(2)15-9-5-4-6-10-15/h4-14H,3H2,1-2H3,(H,22,24)/t14-/m1/s1. The van der Waals surface area contributed by atoms with Gasteiger partial charge in [-0.2, -0.15) is 5.10 Å². The first-order valence-corrected chi connectivity index (χ1v) is 8.04. The summed E-state index contributed by atoms with van der Waals surface area (Å²) in [6.07, 6.45) is 4.02. The lowest BCUT2D eigenvalue weighted by Crippen LogP contribution is -2.27. The van der Waals surface area contributed by atoms with E-state index < -0.39 is 0 Å². The topological polar surface area (TPSA) is 59.8 Å². The summed E-state index contributed by atoms with van der Waals surface area (Å²) in [5.74, 6) is 0.592. The molecule has 0 unspecified atom stereocenters. The van der Waals surface area contributed by atoms with E-state index in [0.29, 0.717) is 17.8 Å². The molecule has 3 rings (SSSR count). The SMILES string of the molecule is CCc1c(C(=O)N[C@H](C)c2ccccc2)cnn1-c1ccccn1. The molecule has 0 aliphatic rings. The largest absolute Gasteiger partial charge is 0.345 e. The summed E-state index contributed by atoms with van der Waals surface area (Å²) in [6, 6.07) is 15.5. The van der Waals surface area contributed by atoms with Gasteiger partial charge in [0.25, 0.3) is 5.91 Å². The van der Waals surface area contributed by atoms with E-state index in [1.54, 1.807) is 17.1 Å². The first-order chi connectivity index (χ1) is 11.7. The molecule has 0 radical (unpaired) electrons. The van der Waals surface area contributed by atoms with Crippen molar-refractivity contribution in [2.75, 3.05) is 0 Å². The monoisotopic (exact) mass is 320 g/mol. The smallest absolute Gasteiger partial charge is 0.255 e. The van der Waals surface area contributed by atoms with Gasteiger partial charge in [-0.25, -0.2) is 9.67 Å². The molecule has 2 heterocycles. The van der Waals surface area contributed by atoms with Crippen LogP contribution in [-0.4, -0.2) is 20.7 Å². The van der Waals surface area contributed by atoms with Crippen LogP contribution in [-0.2, 0) is 6.42 Å². The Morgan fingerprint density at radius 2 is 1.92 bits per heavy atom. The number of carbonyl (C=O) groups excluding carboxylic acids is 1. The molecule has 5 nitrogen and oxygen atoms in total. The van der Waals surface area contributed by atoms with Crippen LogP contribution in [0.4, 0.5) is 0 Å². The van der Waals surface area contributed by atoms with Gasteiger partial charge in [-0.15, -0.1) is 0 Å². The summed E-state index contributed by atoms with van der Waals surface area (Å²) in [5.41, 5.74) is 2.51. The van der Waals surface area contributed by atoms with E-state index in [2.05, 4.69) is 15.4 Å². The average molecular weight is 320 g/mol. The quantitative estimate of drug-likeness (QED) is 0.784. The number of nitrogens with zero attached hydrogens (tertiary/aromatic N) is 3. The molecule has 0 saturated carbocycles. The fourth-order valence-electron chi connectivity index (χ4n) is 2.68. The molecule has 0 saturated heterocycles. The second kappa shape index (κ2) is 7.08. The van der Waals surface area contributed by atoms with E-state index in [-0.39, 0.29) is 11.9 Å². The summed E-state index contributed by atoms with van der Waals surface area (Å²) in [4.78, 5) is 17.0. The van der Waals surface area contributed by atoms with Crippen molar-refractivity contribution in [1.82, 2.24) is 20.1 Å². The van der Waals surface area contributed by atoms with Crippen LogP contribution in [0.1, 0.15) is 41.5 Å². The molecule has 0 aliphatic carbocycles.